The van der Waals surface area contributed by atoms with Crippen LogP contribution >= 0.6 is 0 Å². The molecule has 0 N–H and O–H groups in total. The van der Waals surface area contributed by atoms with Crippen LogP contribution in [0.15, 0.2) is 36.5 Å². The zero-order valence-electron chi connectivity index (χ0n) is 6.42. The lowest BCUT2D eigenvalue weighted by molar-refractivity contribution is -0.112. The third-order valence-corrected chi connectivity index (χ3v) is 1.08. The summed E-state index contributed by atoms with van der Waals surface area (Å²) in [6.45, 7) is 7.00. The van der Waals surface area contributed by atoms with Crippen LogP contribution in [-0.4, -0.2) is 5.78 Å². The summed E-state index contributed by atoms with van der Waals surface area (Å²) in [5.41, 5.74) is 0.968. The smallest absolute Gasteiger partial charge is 0.152 e. The average molecular weight is 136 g/mol. The molecule has 0 fully saturated rings. The molecule has 1 heteroatoms. The summed E-state index contributed by atoms with van der Waals surface area (Å²) in [4.78, 5) is 10.4. The largest absolute Gasteiger partial charge is 0.295 e. The van der Waals surface area contributed by atoms with E-state index in [2.05, 4.69) is 6.58 Å². The molecule has 0 aliphatic carbocycles. The van der Waals surface area contributed by atoms with Crippen molar-refractivity contribution in [3.05, 3.63) is 36.5 Å². The van der Waals surface area contributed by atoms with E-state index in [0.29, 0.717) is 0 Å². The van der Waals surface area contributed by atoms with Gasteiger partial charge in [0.25, 0.3) is 0 Å². The zero-order valence-corrected chi connectivity index (χ0v) is 6.42. The van der Waals surface area contributed by atoms with E-state index in [0.717, 1.165) is 5.57 Å². The van der Waals surface area contributed by atoms with Crippen molar-refractivity contribution in [2.45, 2.75) is 13.8 Å². The van der Waals surface area contributed by atoms with Gasteiger partial charge >= 0.3 is 0 Å². The summed E-state index contributed by atoms with van der Waals surface area (Å²) in [5.74, 6) is 0.0567. The molecule has 10 heavy (non-hydrogen) atoms. The van der Waals surface area contributed by atoms with Crippen LogP contribution in [0.5, 0.6) is 0 Å². The Balaban J connectivity index is 4.11. The van der Waals surface area contributed by atoms with Crippen LogP contribution < -0.4 is 0 Å². The molecule has 0 radical (unpaired) electrons. The molecule has 54 valence electrons. The number of hydrogen-bond acceptors (Lipinski definition) is 1. The molecule has 0 saturated heterocycles. The lowest BCUT2D eigenvalue weighted by Gasteiger charge is -1.86. The van der Waals surface area contributed by atoms with Gasteiger partial charge in [0, 0.05) is 0 Å². The van der Waals surface area contributed by atoms with E-state index >= 15 is 0 Å². The maximum atomic E-state index is 10.4. The van der Waals surface area contributed by atoms with Crippen LogP contribution in [0, 0.1) is 0 Å². The van der Waals surface area contributed by atoms with Gasteiger partial charge in [-0.2, -0.15) is 0 Å². The summed E-state index contributed by atoms with van der Waals surface area (Å²) >= 11 is 0. The summed E-state index contributed by atoms with van der Waals surface area (Å²) in [5, 5.41) is 0. The number of carbonyl (C=O) groups excluding carboxylic acids is 1. The number of rotatable bonds is 3. The minimum atomic E-state index is 0.0567. The predicted molar refractivity (Wildman–Crippen MR) is 43.8 cm³/mol. The fourth-order valence-electron chi connectivity index (χ4n) is 0.496. The normalized spacial score (nSPS) is 12.0. The standard InChI is InChI=1S/C9H12O/c1-4-9(5-2)7-6-8(3)10/h4-7H,1H2,2-3H3/b7-6+,9-5+. The molecule has 0 unspecified atom stereocenters. The minimum Gasteiger partial charge on any atom is -0.295 e. The van der Waals surface area contributed by atoms with E-state index in [4.69, 9.17) is 0 Å². The first-order valence-corrected chi connectivity index (χ1v) is 3.18. The molecular formula is C9H12O. The van der Waals surface area contributed by atoms with Gasteiger partial charge in [-0.25, -0.2) is 0 Å². The second-order valence-electron chi connectivity index (χ2n) is 1.94. The Morgan fingerprint density at radius 2 is 2.00 bits per heavy atom. The summed E-state index contributed by atoms with van der Waals surface area (Å²) in [6.07, 6.45) is 6.87. The fourth-order valence-corrected chi connectivity index (χ4v) is 0.496. The van der Waals surface area contributed by atoms with Gasteiger partial charge in [-0.15, -0.1) is 0 Å². The molecule has 0 aromatic carbocycles. The first-order valence-electron chi connectivity index (χ1n) is 3.18. The van der Waals surface area contributed by atoms with Crippen LogP contribution in [0.2, 0.25) is 0 Å². The molecule has 0 bridgehead atoms. The third-order valence-electron chi connectivity index (χ3n) is 1.08. The third kappa shape index (κ3) is 3.84. The van der Waals surface area contributed by atoms with E-state index in [9.17, 15) is 4.79 Å². The number of allylic oxidation sites excluding steroid dienone is 5. The quantitative estimate of drug-likeness (QED) is 0.429. The summed E-state index contributed by atoms with van der Waals surface area (Å²) < 4.78 is 0. The van der Waals surface area contributed by atoms with Gasteiger partial charge in [0.1, 0.15) is 0 Å². The molecule has 0 saturated carbocycles. The van der Waals surface area contributed by atoms with Crippen molar-refractivity contribution in [3.63, 3.8) is 0 Å². The Labute approximate surface area is 61.8 Å². The zero-order chi connectivity index (χ0) is 7.98. The molecule has 0 heterocycles. The molecule has 0 atom stereocenters. The monoisotopic (exact) mass is 136 g/mol. The molecule has 0 aromatic rings. The lowest BCUT2D eigenvalue weighted by atomic mass is 10.2. The SMILES string of the molecule is C=CC(/C=C/C(C)=O)=C\C. The Bertz CT molecular complexity index is 185. The van der Waals surface area contributed by atoms with E-state index in [1.807, 2.05) is 13.0 Å². The van der Waals surface area contributed by atoms with E-state index in [1.165, 1.54) is 13.0 Å². The van der Waals surface area contributed by atoms with Crippen LogP contribution in [0.1, 0.15) is 13.8 Å². The summed E-state index contributed by atoms with van der Waals surface area (Å²) in [6, 6.07) is 0. The molecule has 0 spiro atoms. The topological polar surface area (TPSA) is 17.1 Å². The van der Waals surface area contributed by atoms with E-state index in [-0.39, 0.29) is 5.78 Å². The summed E-state index contributed by atoms with van der Waals surface area (Å²) in [7, 11) is 0. The van der Waals surface area contributed by atoms with Crippen molar-refractivity contribution >= 4 is 5.78 Å². The van der Waals surface area contributed by atoms with Crippen molar-refractivity contribution in [1.29, 1.82) is 0 Å². The number of ketones is 1. The molecular weight excluding hydrogens is 124 g/mol. The minimum absolute atomic E-state index is 0.0567. The van der Waals surface area contributed by atoms with Crippen LogP contribution in [0.25, 0.3) is 0 Å². The van der Waals surface area contributed by atoms with E-state index in [1.54, 1.807) is 12.2 Å². The van der Waals surface area contributed by atoms with Gasteiger partial charge in [-0.1, -0.05) is 24.8 Å². The highest BCUT2D eigenvalue weighted by atomic mass is 16.1. The average Bonchev–Trinajstić information content (AvgIpc) is 1.90. The first kappa shape index (κ1) is 8.89. The molecule has 0 amide bonds. The van der Waals surface area contributed by atoms with Gasteiger partial charge < -0.3 is 0 Å². The molecule has 0 aliphatic rings. The Morgan fingerprint density at radius 3 is 2.30 bits per heavy atom. The Morgan fingerprint density at radius 1 is 1.40 bits per heavy atom. The highest BCUT2D eigenvalue weighted by molar-refractivity contribution is 5.87. The maximum Gasteiger partial charge on any atom is 0.152 e. The van der Waals surface area contributed by atoms with Crippen molar-refractivity contribution in [1.82, 2.24) is 0 Å². The van der Waals surface area contributed by atoms with Crippen molar-refractivity contribution in [2.75, 3.05) is 0 Å². The maximum absolute atomic E-state index is 10.4. The van der Waals surface area contributed by atoms with Crippen LogP contribution in [0.4, 0.5) is 0 Å². The number of hydrogen-bond donors (Lipinski definition) is 0. The number of carbonyl (C=O) groups is 1. The highest BCUT2D eigenvalue weighted by Crippen LogP contribution is 1.96. The van der Waals surface area contributed by atoms with Gasteiger partial charge in [-0.3, -0.25) is 4.79 Å². The molecule has 0 aliphatic heterocycles. The Hall–Kier alpha value is -1.11. The fraction of sp³-hybridized carbons (Fsp3) is 0.222. The van der Waals surface area contributed by atoms with E-state index < -0.39 is 0 Å². The second kappa shape index (κ2) is 4.74. The first-order chi connectivity index (χ1) is 4.70. The molecule has 0 rings (SSSR count). The predicted octanol–water partition coefficient (Wildman–Crippen LogP) is 2.26. The second-order valence-corrected chi connectivity index (χ2v) is 1.94. The lowest BCUT2D eigenvalue weighted by Crippen LogP contribution is -1.80. The van der Waals surface area contributed by atoms with Crippen molar-refractivity contribution < 1.29 is 4.79 Å². The van der Waals surface area contributed by atoms with Crippen LogP contribution in [0.3, 0.4) is 0 Å². The molecule has 0 aromatic heterocycles. The van der Waals surface area contributed by atoms with Crippen molar-refractivity contribution in [2.24, 2.45) is 0 Å². The van der Waals surface area contributed by atoms with Gasteiger partial charge in [0.2, 0.25) is 0 Å². The van der Waals surface area contributed by atoms with Gasteiger partial charge in [0.05, 0.1) is 0 Å². The molecule has 1 nitrogen and oxygen atoms in total. The Kier molecular flexibility index (Phi) is 4.21. The highest BCUT2D eigenvalue weighted by Gasteiger charge is 1.82. The van der Waals surface area contributed by atoms with Gasteiger partial charge in [0.15, 0.2) is 5.78 Å². The van der Waals surface area contributed by atoms with Crippen molar-refractivity contribution in [3.8, 4) is 0 Å². The van der Waals surface area contributed by atoms with Gasteiger partial charge in [-0.05, 0) is 25.5 Å². The van der Waals surface area contributed by atoms with Crippen LogP contribution in [-0.2, 0) is 4.79 Å².